The molecule has 1 saturated heterocycles. The second-order valence-electron chi connectivity index (χ2n) is 2.81. The molecule has 1 aliphatic heterocycles. The molecule has 1 radical (unpaired) electrons. The van der Waals surface area contributed by atoms with E-state index in [0.717, 1.165) is 35.4 Å². The Hall–Kier alpha value is 0.170. The van der Waals surface area contributed by atoms with E-state index in [1.165, 1.54) is 0 Å². The molecule has 0 unspecified atom stereocenters. The van der Waals surface area contributed by atoms with Gasteiger partial charge in [0.2, 0.25) is 0 Å². The molecule has 1 fully saturated rings. The Kier molecular flexibility index (Phi) is 5.71. The molecule has 4 heteroatoms. The van der Waals surface area contributed by atoms with Gasteiger partial charge in [-0.2, -0.15) is 11.8 Å². The van der Waals surface area contributed by atoms with Gasteiger partial charge in [-0.25, -0.2) is 0 Å². The van der Waals surface area contributed by atoms with Crippen LogP contribution in [-0.4, -0.2) is 29.8 Å². The lowest BCUT2D eigenvalue weighted by Gasteiger charge is -2.18. The summed E-state index contributed by atoms with van der Waals surface area (Å²) >= 11 is 3.46. The number of thioether (sulfide) groups is 2. The Morgan fingerprint density at radius 1 is 1.54 bits per heavy atom. The maximum atomic E-state index is 11.4. The third-order valence-corrected chi connectivity index (χ3v) is 4.19. The lowest BCUT2D eigenvalue weighted by molar-refractivity contribution is -0.139. The Morgan fingerprint density at radius 2 is 2.38 bits per heavy atom. The van der Waals surface area contributed by atoms with Gasteiger partial charge in [0.1, 0.15) is 5.25 Å². The van der Waals surface area contributed by atoms with Crippen molar-refractivity contribution < 1.29 is 9.53 Å². The van der Waals surface area contributed by atoms with Crippen LogP contribution in [0.4, 0.5) is 0 Å². The van der Waals surface area contributed by atoms with Gasteiger partial charge in [-0.1, -0.05) is 13.3 Å². The Balaban J connectivity index is 2.13. The molecular formula is C9H15O2S2. The predicted molar refractivity (Wildman–Crippen MR) is 58.9 cm³/mol. The zero-order valence-corrected chi connectivity index (χ0v) is 9.51. The van der Waals surface area contributed by atoms with Crippen LogP contribution in [0.25, 0.3) is 0 Å². The molecule has 0 aromatic heterocycles. The number of carbonyl (C=O) groups is 1. The largest absolute Gasteiger partial charge is 0.465 e. The van der Waals surface area contributed by atoms with E-state index in [1.807, 2.05) is 11.8 Å². The Labute approximate surface area is 88.2 Å². The van der Waals surface area contributed by atoms with Crippen molar-refractivity contribution in [3.63, 3.8) is 0 Å². The maximum absolute atomic E-state index is 11.4. The minimum absolute atomic E-state index is 0.0920. The molecule has 0 amide bonds. The Bertz CT molecular complexity index is 156. The lowest BCUT2D eigenvalue weighted by Crippen LogP contribution is -2.19. The van der Waals surface area contributed by atoms with E-state index in [9.17, 15) is 4.79 Å². The minimum Gasteiger partial charge on any atom is -0.465 e. The van der Waals surface area contributed by atoms with E-state index in [0.29, 0.717) is 6.61 Å². The van der Waals surface area contributed by atoms with Crippen LogP contribution in [-0.2, 0) is 9.53 Å². The van der Waals surface area contributed by atoms with Crippen molar-refractivity contribution in [2.75, 3.05) is 23.9 Å². The summed E-state index contributed by atoms with van der Waals surface area (Å²) in [5.74, 6) is 2.94. The van der Waals surface area contributed by atoms with Gasteiger partial charge in [-0.15, -0.1) is 11.8 Å². The van der Waals surface area contributed by atoms with Crippen molar-refractivity contribution in [3.05, 3.63) is 5.25 Å². The van der Waals surface area contributed by atoms with Gasteiger partial charge < -0.3 is 4.74 Å². The predicted octanol–water partition coefficient (Wildman–Crippen LogP) is 2.34. The molecule has 2 nitrogen and oxygen atoms in total. The van der Waals surface area contributed by atoms with Gasteiger partial charge in [0.05, 0.1) is 6.61 Å². The normalized spacial score (nSPS) is 18.5. The van der Waals surface area contributed by atoms with E-state index in [-0.39, 0.29) is 5.97 Å². The summed E-state index contributed by atoms with van der Waals surface area (Å²) in [5, 5.41) is 0.896. The van der Waals surface area contributed by atoms with E-state index < -0.39 is 0 Å². The molecule has 0 saturated carbocycles. The molecule has 1 heterocycles. The first kappa shape index (κ1) is 11.2. The van der Waals surface area contributed by atoms with Gasteiger partial charge in [0.15, 0.2) is 0 Å². The summed E-state index contributed by atoms with van der Waals surface area (Å²) in [4.78, 5) is 11.4. The number of unbranched alkanes of at least 4 members (excludes halogenated alkanes) is 1. The highest BCUT2D eigenvalue weighted by Crippen LogP contribution is 2.31. The highest BCUT2D eigenvalue weighted by molar-refractivity contribution is 8.08. The lowest BCUT2D eigenvalue weighted by atomic mass is 10.4. The van der Waals surface area contributed by atoms with Crippen LogP contribution < -0.4 is 0 Å². The molecule has 13 heavy (non-hydrogen) atoms. The maximum Gasteiger partial charge on any atom is 0.325 e. The fraction of sp³-hybridized carbons (Fsp3) is 0.778. The fourth-order valence-corrected chi connectivity index (χ4v) is 3.20. The average Bonchev–Trinajstić information content (AvgIpc) is 2.19. The molecular weight excluding hydrogens is 204 g/mol. The number of ether oxygens (including phenoxy) is 1. The van der Waals surface area contributed by atoms with Gasteiger partial charge in [-0.05, 0) is 6.42 Å². The van der Waals surface area contributed by atoms with Crippen molar-refractivity contribution in [1.82, 2.24) is 0 Å². The summed E-state index contributed by atoms with van der Waals surface area (Å²) in [6.45, 7) is 2.66. The Morgan fingerprint density at radius 3 is 3.00 bits per heavy atom. The number of hydrogen-bond donors (Lipinski definition) is 0. The third-order valence-electron chi connectivity index (χ3n) is 1.70. The molecule has 0 atom stereocenters. The van der Waals surface area contributed by atoms with Gasteiger partial charge in [0, 0.05) is 17.3 Å². The molecule has 0 aromatic carbocycles. The van der Waals surface area contributed by atoms with Crippen LogP contribution in [0.1, 0.15) is 19.8 Å². The molecule has 1 aliphatic rings. The minimum atomic E-state index is -0.0920. The van der Waals surface area contributed by atoms with Crippen molar-refractivity contribution in [1.29, 1.82) is 0 Å². The smallest absolute Gasteiger partial charge is 0.325 e. The molecule has 0 spiro atoms. The van der Waals surface area contributed by atoms with Gasteiger partial charge in [0.25, 0.3) is 0 Å². The quantitative estimate of drug-likeness (QED) is 0.535. The van der Waals surface area contributed by atoms with Crippen molar-refractivity contribution in [3.8, 4) is 0 Å². The monoisotopic (exact) mass is 219 g/mol. The van der Waals surface area contributed by atoms with Crippen LogP contribution in [0.2, 0.25) is 0 Å². The van der Waals surface area contributed by atoms with Crippen LogP contribution in [0, 0.1) is 5.25 Å². The number of carbonyl (C=O) groups excluding carboxylic acids is 1. The van der Waals surface area contributed by atoms with Crippen LogP contribution in [0.15, 0.2) is 0 Å². The first-order valence-corrected chi connectivity index (χ1v) is 6.72. The van der Waals surface area contributed by atoms with Crippen molar-refractivity contribution >= 4 is 29.5 Å². The molecule has 0 bridgehead atoms. The third kappa shape index (κ3) is 4.27. The van der Waals surface area contributed by atoms with Gasteiger partial charge >= 0.3 is 5.97 Å². The number of hydrogen-bond acceptors (Lipinski definition) is 4. The second-order valence-corrected chi connectivity index (χ2v) is 5.11. The van der Waals surface area contributed by atoms with Crippen molar-refractivity contribution in [2.24, 2.45) is 0 Å². The molecule has 0 aromatic rings. The first-order valence-electron chi connectivity index (χ1n) is 4.58. The van der Waals surface area contributed by atoms with E-state index >= 15 is 0 Å². The van der Waals surface area contributed by atoms with Gasteiger partial charge in [-0.3, -0.25) is 4.79 Å². The van der Waals surface area contributed by atoms with E-state index in [2.05, 4.69) is 6.92 Å². The summed E-state index contributed by atoms with van der Waals surface area (Å²) in [7, 11) is 0. The number of esters is 1. The second kappa shape index (κ2) is 6.60. The molecule has 0 N–H and O–H groups in total. The zero-order chi connectivity index (χ0) is 9.52. The summed E-state index contributed by atoms with van der Waals surface area (Å²) in [5.41, 5.74) is 0. The molecule has 0 aliphatic carbocycles. The summed E-state index contributed by atoms with van der Waals surface area (Å²) in [6, 6.07) is 0. The van der Waals surface area contributed by atoms with Crippen LogP contribution >= 0.6 is 23.5 Å². The fourth-order valence-electron chi connectivity index (χ4n) is 0.938. The van der Waals surface area contributed by atoms with E-state index in [4.69, 9.17) is 4.74 Å². The van der Waals surface area contributed by atoms with E-state index in [1.54, 1.807) is 11.8 Å². The first-order chi connectivity index (χ1) is 6.34. The SMILES string of the molecule is CCCCOC(=O)[C]1CSCCS1. The van der Waals surface area contributed by atoms with Crippen molar-refractivity contribution in [2.45, 2.75) is 19.8 Å². The standard InChI is InChI=1S/C9H15O2S2/c1-2-3-4-11-9(10)8-7-12-5-6-13-8/h2-7H2,1H3. The summed E-state index contributed by atoms with van der Waals surface area (Å²) < 4.78 is 5.11. The van der Waals surface area contributed by atoms with Crippen LogP contribution in [0.5, 0.6) is 0 Å². The zero-order valence-electron chi connectivity index (χ0n) is 7.88. The van der Waals surface area contributed by atoms with Crippen LogP contribution in [0.3, 0.4) is 0 Å². The topological polar surface area (TPSA) is 26.3 Å². The molecule has 1 rings (SSSR count). The summed E-state index contributed by atoms with van der Waals surface area (Å²) in [6.07, 6.45) is 2.04. The highest BCUT2D eigenvalue weighted by Gasteiger charge is 2.24. The molecule has 75 valence electrons. The highest BCUT2D eigenvalue weighted by atomic mass is 32.2. The average molecular weight is 219 g/mol. The number of rotatable bonds is 4.